The molecule has 0 amide bonds. The smallest absolute Gasteiger partial charge is 0.144 e. The SMILES string of the molecule is CN(C)c1ccc2nc(-c3cc(-c4cnn(C)c4)cnc3N)n(C)c2c1. The van der Waals surface area contributed by atoms with Crippen LogP contribution in [0.3, 0.4) is 0 Å². The Morgan fingerprint density at radius 1 is 1.04 bits per heavy atom. The van der Waals surface area contributed by atoms with Crippen molar-refractivity contribution in [3.8, 4) is 22.5 Å². The molecular weight excluding hydrogens is 326 g/mol. The zero-order valence-electron chi connectivity index (χ0n) is 15.3. The van der Waals surface area contributed by atoms with Crippen molar-refractivity contribution in [1.29, 1.82) is 0 Å². The van der Waals surface area contributed by atoms with Gasteiger partial charge in [0.15, 0.2) is 0 Å². The molecule has 0 radical (unpaired) electrons. The van der Waals surface area contributed by atoms with Gasteiger partial charge >= 0.3 is 0 Å². The van der Waals surface area contributed by atoms with Crippen LogP contribution in [0.2, 0.25) is 0 Å². The van der Waals surface area contributed by atoms with Crippen molar-refractivity contribution in [2.75, 3.05) is 24.7 Å². The highest BCUT2D eigenvalue weighted by Crippen LogP contribution is 2.31. The number of aryl methyl sites for hydroxylation is 2. The molecule has 0 unspecified atom stereocenters. The molecule has 0 aliphatic heterocycles. The van der Waals surface area contributed by atoms with Gasteiger partial charge in [-0.3, -0.25) is 4.68 Å². The predicted octanol–water partition coefficient (Wildman–Crippen LogP) is 2.68. The van der Waals surface area contributed by atoms with Crippen LogP contribution in [0.15, 0.2) is 42.9 Å². The summed E-state index contributed by atoms with van der Waals surface area (Å²) in [5.74, 6) is 1.26. The highest BCUT2D eigenvalue weighted by molar-refractivity contribution is 5.86. The van der Waals surface area contributed by atoms with Crippen LogP contribution in [0, 0.1) is 0 Å². The predicted molar refractivity (Wildman–Crippen MR) is 105 cm³/mol. The molecule has 132 valence electrons. The lowest BCUT2D eigenvalue weighted by Gasteiger charge is -2.12. The standard InChI is InChI=1S/C19H21N7/c1-24(2)14-5-6-16-17(8-14)26(4)19(23-16)15-7-12(9-21-18(15)20)13-10-22-25(3)11-13/h5-11H,1-4H3,(H2,20,21). The third kappa shape index (κ3) is 2.57. The van der Waals surface area contributed by atoms with Crippen LogP contribution in [-0.2, 0) is 14.1 Å². The molecule has 4 aromatic rings. The number of rotatable bonds is 3. The highest BCUT2D eigenvalue weighted by atomic mass is 15.2. The van der Waals surface area contributed by atoms with Crippen molar-refractivity contribution in [2.24, 2.45) is 14.1 Å². The third-order valence-corrected chi connectivity index (χ3v) is 4.58. The Hall–Kier alpha value is -3.35. The first-order valence-electron chi connectivity index (χ1n) is 8.33. The van der Waals surface area contributed by atoms with Gasteiger partial charge in [0.25, 0.3) is 0 Å². The number of hydrogen-bond donors (Lipinski definition) is 1. The number of nitrogens with zero attached hydrogens (tertiary/aromatic N) is 6. The van der Waals surface area contributed by atoms with E-state index in [1.807, 2.05) is 52.7 Å². The number of anilines is 2. The van der Waals surface area contributed by atoms with Gasteiger partial charge in [0.2, 0.25) is 0 Å². The summed E-state index contributed by atoms with van der Waals surface area (Å²) in [7, 11) is 7.94. The van der Waals surface area contributed by atoms with Crippen LogP contribution < -0.4 is 10.6 Å². The first-order chi connectivity index (χ1) is 12.4. The lowest BCUT2D eigenvalue weighted by atomic mass is 10.1. The van der Waals surface area contributed by atoms with E-state index in [-0.39, 0.29) is 0 Å². The number of aromatic nitrogens is 5. The monoisotopic (exact) mass is 347 g/mol. The molecular formula is C19H21N7. The van der Waals surface area contributed by atoms with E-state index < -0.39 is 0 Å². The van der Waals surface area contributed by atoms with Crippen LogP contribution in [0.1, 0.15) is 0 Å². The van der Waals surface area contributed by atoms with Gasteiger partial charge in [-0.1, -0.05) is 0 Å². The topological polar surface area (TPSA) is 77.8 Å². The number of benzene rings is 1. The third-order valence-electron chi connectivity index (χ3n) is 4.58. The van der Waals surface area contributed by atoms with Gasteiger partial charge in [-0.25, -0.2) is 9.97 Å². The number of imidazole rings is 1. The average Bonchev–Trinajstić information content (AvgIpc) is 3.19. The molecule has 0 saturated carbocycles. The molecule has 0 spiro atoms. The Bertz CT molecular complexity index is 1100. The molecule has 26 heavy (non-hydrogen) atoms. The average molecular weight is 347 g/mol. The summed E-state index contributed by atoms with van der Waals surface area (Å²) >= 11 is 0. The Labute approximate surface area is 151 Å². The van der Waals surface area contributed by atoms with E-state index in [0.29, 0.717) is 5.82 Å². The van der Waals surface area contributed by atoms with Gasteiger partial charge in [-0.2, -0.15) is 5.10 Å². The molecule has 0 aliphatic carbocycles. The summed E-state index contributed by atoms with van der Waals surface area (Å²) in [6.45, 7) is 0. The number of fused-ring (bicyclic) bond motifs is 1. The molecule has 7 heteroatoms. The van der Waals surface area contributed by atoms with Crippen molar-refractivity contribution in [3.05, 3.63) is 42.9 Å². The molecule has 2 N–H and O–H groups in total. The van der Waals surface area contributed by atoms with Crippen molar-refractivity contribution >= 4 is 22.5 Å². The number of hydrogen-bond acceptors (Lipinski definition) is 5. The molecule has 0 aliphatic rings. The molecule has 3 heterocycles. The van der Waals surface area contributed by atoms with E-state index >= 15 is 0 Å². The minimum Gasteiger partial charge on any atom is -0.383 e. The number of nitrogens with two attached hydrogens (primary N) is 1. The molecule has 0 atom stereocenters. The maximum atomic E-state index is 6.18. The molecule has 7 nitrogen and oxygen atoms in total. The summed E-state index contributed by atoms with van der Waals surface area (Å²) in [6.07, 6.45) is 5.53. The van der Waals surface area contributed by atoms with Crippen molar-refractivity contribution in [3.63, 3.8) is 0 Å². The van der Waals surface area contributed by atoms with Crippen LogP contribution in [0.25, 0.3) is 33.5 Å². The minimum atomic E-state index is 0.462. The van der Waals surface area contributed by atoms with Gasteiger partial charge in [-0.15, -0.1) is 0 Å². The van der Waals surface area contributed by atoms with Gasteiger partial charge in [0, 0.05) is 57.4 Å². The van der Waals surface area contributed by atoms with Gasteiger partial charge < -0.3 is 15.2 Å². The summed E-state index contributed by atoms with van der Waals surface area (Å²) < 4.78 is 3.83. The highest BCUT2D eigenvalue weighted by Gasteiger charge is 2.15. The summed E-state index contributed by atoms with van der Waals surface area (Å²) in [5.41, 5.74) is 12.1. The summed E-state index contributed by atoms with van der Waals surface area (Å²) in [4.78, 5) is 11.2. The Morgan fingerprint density at radius 3 is 2.54 bits per heavy atom. The van der Waals surface area contributed by atoms with Crippen LogP contribution in [0.4, 0.5) is 11.5 Å². The molecule has 4 rings (SSSR count). The maximum absolute atomic E-state index is 6.18. The van der Waals surface area contributed by atoms with E-state index in [1.165, 1.54) is 0 Å². The van der Waals surface area contributed by atoms with Crippen LogP contribution in [-0.4, -0.2) is 38.4 Å². The van der Waals surface area contributed by atoms with Gasteiger partial charge in [-0.05, 0) is 24.3 Å². The number of nitrogen functional groups attached to an aromatic ring is 1. The van der Waals surface area contributed by atoms with Crippen LogP contribution in [0.5, 0.6) is 0 Å². The Balaban J connectivity index is 1.88. The lowest BCUT2D eigenvalue weighted by molar-refractivity contribution is 0.768. The minimum absolute atomic E-state index is 0.462. The Morgan fingerprint density at radius 2 is 1.85 bits per heavy atom. The van der Waals surface area contributed by atoms with E-state index in [1.54, 1.807) is 10.9 Å². The fraction of sp³-hybridized carbons (Fsp3) is 0.211. The van der Waals surface area contributed by atoms with Gasteiger partial charge in [0.05, 0.1) is 22.8 Å². The first-order valence-corrected chi connectivity index (χ1v) is 8.33. The summed E-state index contributed by atoms with van der Waals surface area (Å²) in [6, 6.07) is 8.24. The van der Waals surface area contributed by atoms with Crippen molar-refractivity contribution in [1.82, 2.24) is 24.3 Å². The van der Waals surface area contributed by atoms with E-state index in [9.17, 15) is 0 Å². The molecule has 1 aromatic carbocycles. The first kappa shape index (κ1) is 16.1. The largest absolute Gasteiger partial charge is 0.383 e. The van der Waals surface area contributed by atoms with Crippen molar-refractivity contribution < 1.29 is 0 Å². The molecule has 3 aromatic heterocycles. The van der Waals surface area contributed by atoms with E-state index in [2.05, 4.69) is 31.7 Å². The second kappa shape index (κ2) is 5.87. The van der Waals surface area contributed by atoms with Crippen LogP contribution >= 0.6 is 0 Å². The second-order valence-corrected chi connectivity index (χ2v) is 6.62. The maximum Gasteiger partial charge on any atom is 0.144 e. The Kier molecular flexibility index (Phi) is 3.64. The van der Waals surface area contributed by atoms with E-state index in [4.69, 9.17) is 10.7 Å². The fourth-order valence-corrected chi connectivity index (χ4v) is 3.08. The second-order valence-electron chi connectivity index (χ2n) is 6.62. The molecule has 0 fully saturated rings. The fourth-order valence-electron chi connectivity index (χ4n) is 3.08. The lowest BCUT2D eigenvalue weighted by Crippen LogP contribution is -2.08. The van der Waals surface area contributed by atoms with Crippen molar-refractivity contribution in [2.45, 2.75) is 0 Å². The van der Waals surface area contributed by atoms with Gasteiger partial charge in [0.1, 0.15) is 11.6 Å². The molecule has 0 saturated heterocycles. The zero-order valence-corrected chi connectivity index (χ0v) is 15.3. The molecule has 0 bridgehead atoms. The normalized spacial score (nSPS) is 11.2. The van der Waals surface area contributed by atoms with E-state index in [0.717, 1.165) is 39.2 Å². The summed E-state index contributed by atoms with van der Waals surface area (Å²) in [5, 5.41) is 4.23. The number of pyridine rings is 1. The quantitative estimate of drug-likeness (QED) is 0.616. The zero-order chi connectivity index (χ0) is 18.4.